The quantitative estimate of drug-likeness (QED) is 0.568. The highest BCUT2D eigenvalue weighted by atomic mass is 32.2. The van der Waals surface area contributed by atoms with Crippen LogP contribution in [0.3, 0.4) is 0 Å². The topological polar surface area (TPSA) is 72.9 Å². The fraction of sp³-hybridized carbons (Fsp3) is 0.190. The fourth-order valence-corrected chi connectivity index (χ4v) is 4.27. The maximum absolute atomic E-state index is 13.3. The third kappa shape index (κ3) is 4.09. The van der Waals surface area contributed by atoms with Gasteiger partial charge in [-0.05, 0) is 54.1 Å². The van der Waals surface area contributed by atoms with E-state index in [4.69, 9.17) is 9.47 Å². The van der Waals surface area contributed by atoms with E-state index in [0.29, 0.717) is 18.0 Å². The highest BCUT2D eigenvalue weighted by Gasteiger charge is 2.27. The lowest BCUT2D eigenvalue weighted by Gasteiger charge is -2.23. The Hall–Kier alpha value is -3.06. The largest absolute Gasteiger partial charge is 0.494 e. The van der Waals surface area contributed by atoms with Gasteiger partial charge in [-0.2, -0.15) is 0 Å². The molecule has 0 N–H and O–H groups in total. The first kappa shape index (κ1) is 19.7. The van der Waals surface area contributed by atoms with Gasteiger partial charge in [0.05, 0.1) is 24.3 Å². The first-order valence-electron chi connectivity index (χ1n) is 8.77. The summed E-state index contributed by atoms with van der Waals surface area (Å²) in [6, 6.07) is 18.9. The number of anilines is 1. The number of hydrogen-bond donors (Lipinski definition) is 0. The van der Waals surface area contributed by atoms with E-state index in [0.717, 1.165) is 15.1 Å². The Kier molecular flexibility index (Phi) is 5.84. The molecule has 0 bridgehead atoms. The minimum absolute atomic E-state index is 0.101. The number of ether oxygens (including phenoxy) is 2. The maximum Gasteiger partial charge on any atom is 0.326 e. The number of methoxy groups -OCH3 is 1. The molecule has 0 fully saturated rings. The average molecular weight is 399 g/mol. The van der Waals surface area contributed by atoms with Gasteiger partial charge >= 0.3 is 5.97 Å². The van der Waals surface area contributed by atoms with Gasteiger partial charge in [0.1, 0.15) is 12.3 Å². The van der Waals surface area contributed by atoms with E-state index < -0.39 is 22.5 Å². The Balaban J connectivity index is 2.05. The summed E-state index contributed by atoms with van der Waals surface area (Å²) in [6.07, 6.45) is 0. The predicted molar refractivity (Wildman–Crippen MR) is 108 cm³/mol. The molecule has 3 rings (SSSR count). The lowest BCUT2D eigenvalue weighted by molar-refractivity contribution is -0.138. The number of hydrogen-bond acceptors (Lipinski definition) is 5. The van der Waals surface area contributed by atoms with Gasteiger partial charge < -0.3 is 9.47 Å². The van der Waals surface area contributed by atoms with Crippen LogP contribution in [0.25, 0.3) is 10.8 Å². The monoisotopic (exact) mass is 399 g/mol. The van der Waals surface area contributed by atoms with Crippen LogP contribution < -0.4 is 9.04 Å². The van der Waals surface area contributed by atoms with Crippen molar-refractivity contribution in [2.24, 2.45) is 0 Å². The molecule has 7 heteroatoms. The van der Waals surface area contributed by atoms with Gasteiger partial charge in [-0.1, -0.05) is 30.3 Å². The van der Waals surface area contributed by atoms with Crippen LogP contribution in [0.15, 0.2) is 71.6 Å². The van der Waals surface area contributed by atoms with E-state index in [9.17, 15) is 13.2 Å². The van der Waals surface area contributed by atoms with Gasteiger partial charge in [-0.25, -0.2) is 8.42 Å². The molecule has 0 radical (unpaired) electrons. The van der Waals surface area contributed by atoms with E-state index in [1.165, 1.54) is 13.2 Å². The van der Waals surface area contributed by atoms with Crippen LogP contribution in [-0.4, -0.2) is 34.6 Å². The van der Waals surface area contributed by atoms with Crippen LogP contribution in [0.1, 0.15) is 6.92 Å². The Morgan fingerprint density at radius 3 is 2.29 bits per heavy atom. The first-order valence-corrected chi connectivity index (χ1v) is 10.2. The molecule has 6 nitrogen and oxygen atoms in total. The third-order valence-electron chi connectivity index (χ3n) is 4.25. The number of sulfonamides is 1. The van der Waals surface area contributed by atoms with Crippen molar-refractivity contribution in [1.82, 2.24) is 0 Å². The van der Waals surface area contributed by atoms with Crippen LogP contribution in [0, 0.1) is 0 Å². The number of rotatable bonds is 7. The minimum Gasteiger partial charge on any atom is -0.494 e. The van der Waals surface area contributed by atoms with Gasteiger partial charge in [0, 0.05) is 0 Å². The van der Waals surface area contributed by atoms with Crippen molar-refractivity contribution >= 4 is 32.5 Å². The standard InChI is InChI=1S/C21H21NO5S/c1-3-27-19-11-9-18(10-12-19)22(15-21(23)26-2)28(24,25)20-13-8-16-6-4-5-7-17(16)14-20/h4-14H,3,15H2,1-2H3. The van der Waals surface area contributed by atoms with Gasteiger partial charge in [0.15, 0.2) is 0 Å². The lowest BCUT2D eigenvalue weighted by Crippen LogP contribution is -2.36. The number of carbonyl (C=O) groups is 1. The van der Waals surface area contributed by atoms with E-state index >= 15 is 0 Å². The van der Waals surface area contributed by atoms with Crippen LogP contribution in [0.2, 0.25) is 0 Å². The maximum atomic E-state index is 13.3. The molecular weight excluding hydrogens is 378 g/mol. The highest BCUT2D eigenvalue weighted by molar-refractivity contribution is 7.92. The van der Waals surface area contributed by atoms with Crippen molar-refractivity contribution in [1.29, 1.82) is 0 Å². The molecule has 0 heterocycles. The van der Waals surface area contributed by atoms with E-state index in [2.05, 4.69) is 0 Å². The van der Waals surface area contributed by atoms with Gasteiger partial charge in [0.25, 0.3) is 10.0 Å². The Bertz CT molecular complexity index is 1080. The molecule has 0 saturated carbocycles. The molecule has 3 aromatic carbocycles. The van der Waals surface area contributed by atoms with Crippen molar-refractivity contribution in [3.63, 3.8) is 0 Å². The summed E-state index contributed by atoms with van der Waals surface area (Å²) >= 11 is 0. The highest BCUT2D eigenvalue weighted by Crippen LogP contribution is 2.27. The van der Waals surface area contributed by atoms with Crippen molar-refractivity contribution < 1.29 is 22.7 Å². The predicted octanol–water partition coefficient (Wildman–Crippen LogP) is 3.61. The molecule has 0 aliphatic rings. The molecule has 0 aromatic heterocycles. The number of fused-ring (bicyclic) bond motifs is 1. The molecule has 3 aromatic rings. The van der Waals surface area contributed by atoms with Crippen molar-refractivity contribution in [2.45, 2.75) is 11.8 Å². The van der Waals surface area contributed by atoms with Crippen molar-refractivity contribution in [3.05, 3.63) is 66.7 Å². The average Bonchev–Trinajstić information content (AvgIpc) is 2.72. The second-order valence-corrected chi connectivity index (χ2v) is 7.89. The summed E-state index contributed by atoms with van der Waals surface area (Å²) in [7, 11) is -2.76. The zero-order valence-corrected chi connectivity index (χ0v) is 16.5. The minimum atomic E-state index is -3.98. The molecule has 28 heavy (non-hydrogen) atoms. The second-order valence-electron chi connectivity index (χ2n) is 6.02. The molecule has 0 aliphatic heterocycles. The summed E-state index contributed by atoms with van der Waals surface area (Å²) in [5.74, 6) is -0.0365. The van der Waals surface area contributed by atoms with E-state index in [1.807, 2.05) is 31.2 Å². The zero-order chi connectivity index (χ0) is 20.1. The fourth-order valence-electron chi connectivity index (χ4n) is 2.83. The Morgan fingerprint density at radius 1 is 0.964 bits per heavy atom. The number of benzene rings is 3. The Labute approximate surface area is 164 Å². The lowest BCUT2D eigenvalue weighted by atomic mass is 10.1. The van der Waals surface area contributed by atoms with Crippen LogP contribution >= 0.6 is 0 Å². The molecule has 0 amide bonds. The van der Waals surface area contributed by atoms with E-state index in [-0.39, 0.29) is 4.90 Å². The molecule has 146 valence electrons. The molecule has 0 spiro atoms. The van der Waals surface area contributed by atoms with Crippen LogP contribution in [0.4, 0.5) is 5.69 Å². The van der Waals surface area contributed by atoms with Crippen molar-refractivity contribution in [3.8, 4) is 5.75 Å². The summed E-state index contributed by atoms with van der Waals surface area (Å²) in [5, 5.41) is 1.73. The van der Waals surface area contributed by atoms with Gasteiger partial charge in [-0.3, -0.25) is 9.10 Å². The number of carbonyl (C=O) groups excluding carboxylic acids is 1. The molecule has 0 aliphatic carbocycles. The Morgan fingerprint density at radius 2 is 1.64 bits per heavy atom. The van der Waals surface area contributed by atoms with Crippen molar-refractivity contribution in [2.75, 3.05) is 24.6 Å². The second kappa shape index (κ2) is 8.31. The molecule has 0 saturated heterocycles. The van der Waals surface area contributed by atoms with Crippen LogP contribution in [-0.2, 0) is 19.6 Å². The normalized spacial score (nSPS) is 11.2. The summed E-state index contributed by atoms with van der Waals surface area (Å²) < 4.78 is 37.8. The first-order chi connectivity index (χ1) is 13.5. The number of nitrogens with zero attached hydrogens (tertiary/aromatic N) is 1. The zero-order valence-electron chi connectivity index (χ0n) is 15.7. The summed E-state index contributed by atoms with van der Waals surface area (Å²) in [5.41, 5.74) is 0.349. The third-order valence-corrected chi connectivity index (χ3v) is 6.01. The smallest absolute Gasteiger partial charge is 0.326 e. The van der Waals surface area contributed by atoms with Gasteiger partial charge in [0.2, 0.25) is 0 Å². The molecular formula is C21H21NO5S. The summed E-state index contributed by atoms with van der Waals surface area (Å²) in [4.78, 5) is 12.0. The number of esters is 1. The molecule has 0 unspecified atom stereocenters. The van der Waals surface area contributed by atoms with E-state index in [1.54, 1.807) is 36.4 Å². The SMILES string of the molecule is CCOc1ccc(N(CC(=O)OC)S(=O)(=O)c2ccc3ccccc3c2)cc1. The van der Waals surface area contributed by atoms with Gasteiger partial charge in [-0.15, -0.1) is 0 Å². The summed E-state index contributed by atoms with van der Waals surface area (Å²) in [6.45, 7) is 1.93. The van der Waals surface area contributed by atoms with Crippen LogP contribution in [0.5, 0.6) is 5.75 Å². The molecule has 0 atom stereocenters.